The largest absolute Gasteiger partial charge is 0.490 e. The van der Waals surface area contributed by atoms with E-state index in [9.17, 15) is 8.42 Å². The smallest absolute Gasteiger partial charge is 0.243 e. The summed E-state index contributed by atoms with van der Waals surface area (Å²) in [5, 5.41) is 3.19. The molecule has 0 unspecified atom stereocenters. The van der Waals surface area contributed by atoms with Crippen molar-refractivity contribution < 1.29 is 17.9 Å². The minimum Gasteiger partial charge on any atom is -0.490 e. The van der Waals surface area contributed by atoms with E-state index in [1.807, 2.05) is 31.2 Å². The maximum absolute atomic E-state index is 13.3. The lowest BCUT2D eigenvalue weighted by Crippen LogP contribution is -2.49. The summed E-state index contributed by atoms with van der Waals surface area (Å²) in [5.74, 6) is 3.76. The zero-order chi connectivity index (χ0) is 23.5. The van der Waals surface area contributed by atoms with Crippen molar-refractivity contribution in [3.63, 3.8) is 0 Å². The highest BCUT2D eigenvalue weighted by Gasteiger charge is 2.30. The Balaban J connectivity index is 1.29. The number of rotatable bonds is 5. The van der Waals surface area contributed by atoms with E-state index in [1.165, 1.54) is 4.31 Å². The number of benzene rings is 1. The highest BCUT2D eigenvalue weighted by atomic mass is 32.2. The molecule has 0 spiro atoms. The summed E-state index contributed by atoms with van der Waals surface area (Å²) in [4.78, 5) is 15.5. The van der Waals surface area contributed by atoms with Crippen molar-refractivity contribution in [1.29, 1.82) is 0 Å². The van der Waals surface area contributed by atoms with Gasteiger partial charge in [-0.2, -0.15) is 4.31 Å². The fraction of sp³-hybridized carbons (Fsp3) is 0.348. The molecule has 0 radical (unpaired) electrons. The van der Waals surface area contributed by atoms with E-state index in [-0.39, 0.29) is 4.90 Å². The van der Waals surface area contributed by atoms with Gasteiger partial charge in [-0.1, -0.05) is 6.07 Å². The Hall–Kier alpha value is -3.44. The summed E-state index contributed by atoms with van der Waals surface area (Å²) >= 11 is 0. The number of piperazine rings is 1. The van der Waals surface area contributed by atoms with Gasteiger partial charge in [0.25, 0.3) is 0 Å². The first-order valence-corrected chi connectivity index (χ1v) is 12.6. The molecule has 11 heteroatoms. The molecule has 2 aromatic heterocycles. The van der Waals surface area contributed by atoms with Crippen LogP contribution in [0, 0.1) is 6.92 Å². The number of hydrogen-bond acceptors (Lipinski definition) is 9. The first-order valence-electron chi connectivity index (χ1n) is 11.2. The molecule has 2 aliphatic rings. The SMILES string of the molecule is Cc1nc(Nc2ccccn2)cc(N2CCN(S(=O)(=O)c3ccc4c(c3)OCCCO4)CC2)n1. The molecule has 1 aromatic carbocycles. The summed E-state index contributed by atoms with van der Waals surface area (Å²) in [6, 6.07) is 12.3. The third-order valence-electron chi connectivity index (χ3n) is 5.66. The number of aryl methyl sites for hydroxylation is 1. The predicted octanol–water partition coefficient (Wildman–Crippen LogP) is 2.60. The fourth-order valence-corrected chi connectivity index (χ4v) is 5.39. The van der Waals surface area contributed by atoms with E-state index in [2.05, 4.69) is 25.2 Å². The number of hydrogen-bond donors (Lipinski definition) is 1. The van der Waals surface area contributed by atoms with Crippen LogP contribution in [0.3, 0.4) is 0 Å². The van der Waals surface area contributed by atoms with E-state index in [1.54, 1.807) is 24.4 Å². The van der Waals surface area contributed by atoms with E-state index >= 15 is 0 Å². The molecule has 1 N–H and O–H groups in total. The summed E-state index contributed by atoms with van der Waals surface area (Å²) in [6.07, 6.45) is 2.47. The molecule has 2 aliphatic heterocycles. The zero-order valence-corrected chi connectivity index (χ0v) is 19.7. The second kappa shape index (κ2) is 9.43. The van der Waals surface area contributed by atoms with Crippen molar-refractivity contribution in [3.05, 3.63) is 54.5 Å². The minimum absolute atomic E-state index is 0.213. The average Bonchev–Trinajstić information content (AvgIpc) is 3.09. The van der Waals surface area contributed by atoms with Gasteiger partial charge in [0.15, 0.2) is 11.5 Å². The van der Waals surface area contributed by atoms with Gasteiger partial charge in [-0.3, -0.25) is 0 Å². The Morgan fingerprint density at radius 3 is 2.47 bits per heavy atom. The first-order chi connectivity index (χ1) is 16.5. The van der Waals surface area contributed by atoms with Gasteiger partial charge in [0.2, 0.25) is 10.0 Å². The quantitative estimate of drug-likeness (QED) is 0.587. The Kier molecular flexibility index (Phi) is 6.20. The molecule has 10 nitrogen and oxygen atoms in total. The Labute approximate surface area is 198 Å². The summed E-state index contributed by atoms with van der Waals surface area (Å²) in [5.41, 5.74) is 0. The summed E-state index contributed by atoms with van der Waals surface area (Å²) < 4.78 is 39.4. The number of ether oxygens (including phenoxy) is 2. The first kappa shape index (κ1) is 22.4. The standard InChI is InChI=1S/C23H26N6O4S/c1-17-25-22(27-21-5-2-3-8-24-21)16-23(26-17)28-9-11-29(12-10-28)34(30,31)18-6-7-19-20(15-18)33-14-4-13-32-19/h2-3,5-8,15-16H,4,9-14H2,1H3,(H,24,25,26,27). The van der Waals surface area contributed by atoms with Gasteiger partial charge in [-0.15, -0.1) is 0 Å². The van der Waals surface area contributed by atoms with Gasteiger partial charge in [0.1, 0.15) is 23.3 Å². The van der Waals surface area contributed by atoms with Gasteiger partial charge in [-0.25, -0.2) is 23.4 Å². The number of pyridine rings is 1. The van der Waals surface area contributed by atoms with Crippen molar-refractivity contribution in [3.8, 4) is 11.5 Å². The highest BCUT2D eigenvalue weighted by molar-refractivity contribution is 7.89. The Bertz CT molecular complexity index is 1260. The molecule has 5 rings (SSSR count). The molecule has 0 atom stereocenters. The van der Waals surface area contributed by atoms with Crippen molar-refractivity contribution in [2.24, 2.45) is 0 Å². The monoisotopic (exact) mass is 482 g/mol. The van der Waals surface area contributed by atoms with Crippen LogP contribution < -0.4 is 19.7 Å². The fourth-order valence-electron chi connectivity index (χ4n) is 3.96. The maximum Gasteiger partial charge on any atom is 0.243 e. The topological polar surface area (TPSA) is 110 Å². The van der Waals surface area contributed by atoms with E-state index in [0.717, 1.165) is 12.2 Å². The lowest BCUT2D eigenvalue weighted by molar-refractivity contribution is 0.296. The number of nitrogens with zero attached hydrogens (tertiary/aromatic N) is 5. The second-order valence-electron chi connectivity index (χ2n) is 8.05. The number of nitrogens with one attached hydrogen (secondary N) is 1. The number of anilines is 3. The molecule has 0 amide bonds. The lowest BCUT2D eigenvalue weighted by Gasteiger charge is -2.34. The van der Waals surface area contributed by atoms with Gasteiger partial charge >= 0.3 is 0 Å². The molecule has 0 saturated carbocycles. The number of fused-ring (bicyclic) bond motifs is 1. The lowest BCUT2D eigenvalue weighted by atomic mass is 10.3. The molecule has 4 heterocycles. The van der Waals surface area contributed by atoms with Crippen molar-refractivity contribution >= 4 is 27.5 Å². The van der Waals surface area contributed by atoms with Gasteiger partial charge in [-0.05, 0) is 31.2 Å². The van der Waals surface area contributed by atoms with Crippen LogP contribution in [0.4, 0.5) is 17.5 Å². The van der Waals surface area contributed by atoms with Crippen LogP contribution in [0.25, 0.3) is 0 Å². The van der Waals surface area contributed by atoms with Crippen LogP contribution in [0.1, 0.15) is 12.2 Å². The predicted molar refractivity (Wildman–Crippen MR) is 127 cm³/mol. The molecule has 1 fully saturated rings. The van der Waals surface area contributed by atoms with Gasteiger partial charge < -0.3 is 19.7 Å². The summed E-state index contributed by atoms with van der Waals surface area (Å²) in [7, 11) is -3.65. The molecule has 3 aromatic rings. The van der Waals surface area contributed by atoms with Crippen LogP contribution >= 0.6 is 0 Å². The van der Waals surface area contributed by atoms with E-state index in [4.69, 9.17) is 9.47 Å². The third kappa shape index (κ3) is 4.75. The molecular formula is C23H26N6O4S. The van der Waals surface area contributed by atoms with E-state index in [0.29, 0.717) is 68.4 Å². The van der Waals surface area contributed by atoms with Crippen LogP contribution in [0.2, 0.25) is 0 Å². The highest BCUT2D eigenvalue weighted by Crippen LogP contribution is 2.33. The van der Waals surface area contributed by atoms with Gasteiger partial charge in [0.05, 0.1) is 18.1 Å². The molecule has 0 bridgehead atoms. The summed E-state index contributed by atoms with van der Waals surface area (Å²) in [6.45, 7) is 4.63. The van der Waals surface area contributed by atoms with Crippen molar-refractivity contribution in [2.75, 3.05) is 49.6 Å². The molecule has 34 heavy (non-hydrogen) atoms. The van der Waals surface area contributed by atoms with Crippen molar-refractivity contribution in [2.45, 2.75) is 18.2 Å². The third-order valence-corrected chi connectivity index (χ3v) is 7.56. The van der Waals surface area contributed by atoms with E-state index < -0.39 is 10.0 Å². The minimum atomic E-state index is -3.65. The van der Waals surface area contributed by atoms with Crippen LogP contribution in [0.5, 0.6) is 11.5 Å². The molecular weight excluding hydrogens is 456 g/mol. The van der Waals surface area contributed by atoms with Crippen molar-refractivity contribution in [1.82, 2.24) is 19.3 Å². The van der Waals surface area contributed by atoms with Crippen LogP contribution in [0.15, 0.2) is 53.6 Å². The number of sulfonamides is 1. The Morgan fingerprint density at radius 1 is 0.912 bits per heavy atom. The zero-order valence-electron chi connectivity index (χ0n) is 18.8. The molecule has 1 saturated heterocycles. The molecule has 178 valence electrons. The molecule has 0 aliphatic carbocycles. The maximum atomic E-state index is 13.3. The van der Waals surface area contributed by atoms with Crippen LogP contribution in [-0.4, -0.2) is 67.1 Å². The second-order valence-corrected chi connectivity index (χ2v) is 9.99. The average molecular weight is 483 g/mol. The number of aromatic nitrogens is 3. The normalized spacial score (nSPS) is 16.7. The van der Waals surface area contributed by atoms with Crippen LogP contribution in [-0.2, 0) is 10.0 Å². The Morgan fingerprint density at radius 2 is 1.71 bits per heavy atom. The van der Waals surface area contributed by atoms with Gasteiger partial charge in [0, 0.05) is 50.9 Å².